The second-order valence-corrected chi connectivity index (χ2v) is 16.4. The van der Waals surface area contributed by atoms with Crippen LogP contribution in [0.25, 0.3) is 6.08 Å². The minimum Gasteiger partial charge on any atom is -0.497 e. The predicted molar refractivity (Wildman–Crippen MR) is 145 cm³/mol. The molecule has 170 valence electrons. The van der Waals surface area contributed by atoms with Gasteiger partial charge in [0.1, 0.15) is 5.75 Å². The average Bonchev–Trinajstić information content (AvgIpc) is 2.83. The highest BCUT2D eigenvalue weighted by atomic mass is 31.2. The number of hydrogen-bond donors (Lipinski definition) is 1. The van der Waals surface area contributed by atoms with Crippen LogP contribution in [-0.2, 0) is 4.57 Å². The Morgan fingerprint density at radius 2 is 1.45 bits per heavy atom. The first-order valence-corrected chi connectivity index (χ1v) is 16.2. The summed E-state index contributed by atoms with van der Waals surface area (Å²) >= 11 is 0. The van der Waals surface area contributed by atoms with E-state index in [2.05, 4.69) is 49.2 Å². The summed E-state index contributed by atoms with van der Waals surface area (Å²) < 4.78 is 19.9. The van der Waals surface area contributed by atoms with Crippen molar-refractivity contribution in [3.63, 3.8) is 0 Å². The summed E-state index contributed by atoms with van der Waals surface area (Å²) in [5, 5.41) is 6.19. The first-order chi connectivity index (χ1) is 15.8. The van der Waals surface area contributed by atoms with Crippen molar-refractivity contribution in [1.82, 2.24) is 5.09 Å². The van der Waals surface area contributed by atoms with Crippen molar-refractivity contribution in [3.8, 4) is 5.75 Å². The fourth-order valence-electron chi connectivity index (χ4n) is 3.74. The Labute approximate surface area is 199 Å². The van der Waals surface area contributed by atoms with Crippen LogP contribution >= 0.6 is 7.29 Å². The zero-order chi connectivity index (χ0) is 23.9. The van der Waals surface area contributed by atoms with E-state index in [9.17, 15) is 4.57 Å². The van der Waals surface area contributed by atoms with Gasteiger partial charge in [0.15, 0.2) is 0 Å². The molecule has 33 heavy (non-hydrogen) atoms. The van der Waals surface area contributed by atoms with Crippen LogP contribution in [0.15, 0.2) is 109 Å². The molecule has 0 bridgehead atoms. The van der Waals surface area contributed by atoms with E-state index in [4.69, 9.17) is 4.74 Å². The number of ether oxygens (including phenoxy) is 1. The van der Waals surface area contributed by atoms with Crippen LogP contribution < -0.4 is 20.4 Å². The summed E-state index contributed by atoms with van der Waals surface area (Å²) in [4.78, 5) is 0. The molecule has 3 nitrogen and oxygen atoms in total. The highest BCUT2D eigenvalue weighted by Crippen LogP contribution is 2.41. The van der Waals surface area contributed by atoms with Gasteiger partial charge in [0.25, 0.3) is 0 Å². The molecule has 3 aromatic rings. The fourth-order valence-corrected chi connectivity index (χ4v) is 7.88. The Bertz CT molecular complexity index is 1130. The molecule has 3 aromatic carbocycles. The van der Waals surface area contributed by atoms with Gasteiger partial charge in [-0.05, 0) is 47.2 Å². The molecule has 3 rings (SSSR count). The summed E-state index contributed by atoms with van der Waals surface area (Å²) in [7, 11) is -3.30. The second kappa shape index (κ2) is 10.8. The van der Waals surface area contributed by atoms with Gasteiger partial charge in [-0.1, -0.05) is 86.9 Å². The van der Waals surface area contributed by atoms with E-state index in [0.717, 1.165) is 27.1 Å². The van der Waals surface area contributed by atoms with Gasteiger partial charge in [-0.15, -0.1) is 5.73 Å². The molecular weight excluding hydrogens is 441 g/mol. The lowest BCUT2D eigenvalue weighted by molar-refractivity contribution is 0.415. The quantitative estimate of drug-likeness (QED) is 0.229. The highest BCUT2D eigenvalue weighted by molar-refractivity contribution is 7.77. The molecule has 0 aliphatic carbocycles. The Morgan fingerprint density at radius 1 is 0.939 bits per heavy atom. The minimum atomic E-state index is -3.14. The Morgan fingerprint density at radius 3 is 1.88 bits per heavy atom. The van der Waals surface area contributed by atoms with Crippen molar-refractivity contribution >= 4 is 32.1 Å². The van der Waals surface area contributed by atoms with Crippen LogP contribution in [0.4, 0.5) is 0 Å². The lowest BCUT2D eigenvalue weighted by Gasteiger charge is -2.31. The number of benzene rings is 3. The van der Waals surface area contributed by atoms with Crippen molar-refractivity contribution < 1.29 is 9.30 Å². The molecule has 0 aliphatic heterocycles. The molecule has 1 atom stereocenters. The summed E-state index contributed by atoms with van der Waals surface area (Å²) in [5.41, 5.74) is 4.23. The topological polar surface area (TPSA) is 38.3 Å². The molecule has 0 amide bonds. The first kappa shape index (κ1) is 24.8. The molecule has 0 saturated carbocycles. The molecule has 0 saturated heterocycles. The lowest BCUT2D eigenvalue weighted by Crippen LogP contribution is -2.41. The van der Waals surface area contributed by atoms with Gasteiger partial charge in [0.2, 0.25) is 7.29 Å². The Hall–Kier alpha value is -2.87. The Kier molecular flexibility index (Phi) is 8.13. The van der Waals surface area contributed by atoms with Crippen molar-refractivity contribution in [2.45, 2.75) is 25.7 Å². The molecule has 1 N–H and O–H groups in total. The number of methoxy groups -OCH3 is 1. The standard InChI is InChI=1S/C28H32NO2PSi/c1-6-28(33(3,4)5)27(22-19-23-17-20-24(31-2)21-18-23)29-32(30,25-13-9-7-10-14-25)26-15-11-8-12-16-26/h7-22,27H,1H2,2-5H3,(H,29,30)/b22-19+/t27-/m1/s1. The van der Waals surface area contributed by atoms with Crippen molar-refractivity contribution in [2.75, 3.05) is 7.11 Å². The van der Waals surface area contributed by atoms with Gasteiger partial charge >= 0.3 is 0 Å². The van der Waals surface area contributed by atoms with Crippen LogP contribution in [0.2, 0.25) is 19.6 Å². The van der Waals surface area contributed by atoms with E-state index in [1.54, 1.807) is 7.11 Å². The van der Waals surface area contributed by atoms with Crippen LogP contribution in [0.3, 0.4) is 0 Å². The van der Waals surface area contributed by atoms with Crippen molar-refractivity contribution in [3.05, 3.63) is 114 Å². The zero-order valence-electron chi connectivity index (χ0n) is 19.8. The van der Waals surface area contributed by atoms with Crippen LogP contribution in [0.5, 0.6) is 5.75 Å². The smallest absolute Gasteiger partial charge is 0.205 e. The summed E-state index contributed by atoms with van der Waals surface area (Å²) in [6.45, 7) is 10.8. The van der Waals surface area contributed by atoms with Gasteiger partial charge in [-0.25, -0.2) is 5.09 Å². The minimum absolute atomic E-state index is 0.275. The monoisotopic (exact) mass is 473 g/mol. The van der Waals surface area contributed by atoms with E-state index in [1.807, 2.05) is 84.9 Å². The van der Waals surface area contributed by atoms with E-state index >= 15 is 0 Å². The zero-order valence-corrected chi connectivity index (χ0v) is 21.7. The maximum absolute atomic E-state index is 14.7. The number of rotatable bonds is 9. The summed E-state index contributed by atoms with van der Waals surface area (Å²) in [5.74, 6) is 0.813. The normalized spacial score (nSPS) is 12.8. The van der Waals surface area contributed by atoms with E-state index in [-0.39, 0.29) is 6.04 Å². The van der Waals surface area contributed by atoms with Gasteiger partial charge < -0.3 is 4.74 Å². The first-order valence-electron chi connectivity index (χ1n) is 11.0. The summed E-state index contributed by atoms with van der Waals surface area (Å²) in [6.07, 6.45) is 4.13. The molecule has 0 radical (unpaired) electrons. The molecular formula is C28H32NO2PSi. The molecule has 0 fully saturated rings. The summed E-state index contributed by atoms with van der Waals surface area (Å²) in [6, 6.07) is 26.9. The van der Waals surface area contributed by atoms with Gasteiger partial charge in [0.05, 0.1) is 21.2 Å². The van der Waals surface area contributed by atoms with Crippen molar-refractivity contribution in [2.24, 2.45) is 0 Å². The Balaban J connectivity index is 2.09. The molecule has 0 aromatic heterocycles. The van der Waals surface area contributed by atoms with Crippen LogP contribution in [0.1, 0.15) is 5.56 Å². The van der Waals surface area contributed by atoms with Crippen molar-refractivity contribution in [1.29, 1.82) is 0 Å². The van der Waals surface area contributed by atoms with Gasteiger partial charge in [-0.2, -0.15) is 0 Å². The van der Waals surface area contributed by atoms with E-state index < -0.39 is 15.4 Å². The third-order valence-corrected chi connectivity index (χ3v) is 10.3. The number of hydrogen-bond acceptors (Lipinski definition) is 2. The maximum Gasteiger partial charge on any atom is 0.205 e. The van der Waals surface area contributed by atoms with Gasteiger partial charge in [-0.3, -0.25) is 4.57 Å². The average molecular weight is 474 g/mol. The van der Waals surface area contributed by atoms with E-state index in [1.165, 1.54) is 0 Å². The second-order valence-electron chi connectivity index (χ2n) is 8.86. The molecule has 0 heterocycles. The highest BCUT2D eigenvalue weighted by Gasteiger charge is 2.34. The molecule has 0 spiro atoms. The SMILES string of the molecule is C=C=C([C@@H](/C=C/c1ccc(OC)cc1)NP(=O)(c1ccccc1)c1ccccc1)[Si](C)(C)C. The third kappa shape index (κ3) is 6.13. The van der Waals surface area contributed by atoms with Crippen LogP contribution in [-0.4, -0.2) is 21.2 Å². The van der Waals surface area contributed by atoms with E-state index in [0.29, 0.717) is 0 Å². The van der Waals surface area contributed by atoms with Crippen LogP contribution in [0, 0.1) is 0 Å². The molecule has 0 aliphatic rings. The molecule has 0 unspecified atom stereocenters. The predicted octanol–water partition coefficient (Wildman–Crippen LogP) is 6.18. The molecule has 5 heteroatoms. The third-order valence-electron chi connectivity index (χ3n) is 5.47. The van der Waals surface area contributed by atoms with Gasteiger partial charge in [0, 0.05) is 10.6 Å². The lowest BCUT2D eigenvalue weighted by atomic mass is 10.1. The largest absolute Gasteiger partial charge is 0.497 e. The number of nitrogens with one attached hydrogen (secondary N) is 1. The maximum atomic E-state index is 14.7. The fraction of sp³-hybridized carbons (Fsp3) is 0.179.